The third-order valence-corrected chi connectivity index (χ3v) is 6.21. The molecule has 6 nitrogen and oxygen atoms in total. The highest BCUT2D eigenvalue weighted by atomic mass is 31.2. The molecule has 0 aromatic heterocycles. The lowest BCUT2D eigenvalue weighted by atomic mass is 10.3. The van der Waals surface area contributed by atoms with Crippen LogP contribution < -0.4 is 14.2 Å². The van der Waals surface area contributed by atoms with E-state index in [0.717, 1.165) is 0 Å². The quantitative estimate of drug-likeness (QED) is 0.171. The van der Waals surface area contributed by atoms with Gasteiger partial charge in [-0.2, -0.15) is 0 Å². The van der Waals surface area contributed by atoms with E-state index in [1.807, 2.05) is 91.0 Å². The number of hydrogen-bond donors (Lipinski definition) is 0. The van der Waals surface area contributed by atoms with Crippen LogP contribution in [0.5, 0.6) is 17.2 Å². The van der Waals surface area contributed by atoms with Crippen molar-refractivity contribution in [2.45, 2.75) is 0 Å². The van der Waals surface area contributed by atoms with Gasteiger partial charge in [0.05, 0.1) is 0 Å². The standard InChI is InChI=1S/C24H26O6P/c1-2-18-31(28-19-25-22-12-6-3-7-13-22,29-20-26-23-14-8-4-9-15-23)30-21-27-24-16-10-5-11-17-24/h2-17H,1,18-21H2/q+1. The van der Waals surface area contributed by atoms with Crippen LogP contribution in [0.25, 0.3) is 0 Å². The molecule has 0 atom stereocenters. The minimum Gasteiger partial charge on any atom is -0.463 e. The first-order valence-corrected chi connectivity index (χ1v) is 11.5. The molecule has 162 valence electrons. The van der Waals surface area contributed by atoms with Gasteiger partial charge in [-0.15, -0.1) is 13.6 Å². The van der Waals surface area contributed by atoms with Crippen molar-refractivity contribution in [1.29, 1.82) is 0 Å². The van der Waals surface area contributed by atoms with Crippen molar-refractivity contribution < 1.29 is 27.8 Å². The fraction of sp³-hybridized carbons (Fsp3) is 0.167. The predicted molar refractivity (Wildman–Crippen MR) is 121 cm³/mol. The van der Waals surface area contributed by atoms with Gasteiger partial charge in [-0.25, -0.2) is 0 Å². The molecule has 3 rings (SSSR count). The lowest BCUT2D eigenvalue weighted by Gasteiger charge is -2.21. The van der Waals surface area contributed by atoms with E-state index in [-0.39, 0.29) is 20.4 Å². The average molecular weight is 441 g/mol. The maximum Gasteiger partial charge on any atom is 0.425 e. The number of benzene rings is 3. The van der Waals surface area contributed by atoms with Crippen LogP contribution in [0.2, 0.25) is 0 Å². The Labute approximate surface area is 183 Å². The molecule has 0 N–H and O–H groups in total. The molecule has 0 spiro atoms. The van der Waals surface area contributed by atoms with E-state index in [0.29, 0.717) is 23.4 Å². The lowest BCUT2D eigenvalue weighted by molar-refractivity contribution is 0.00718. The SMILES string of the molecule is C=CC[P+](OCOc1ccccc1)(OCOc1ccccc1)OCOc1ccccc1. The maximum atomic E-state index is 5.96. The molecule has 0 saturated carbocycles. The molecule has 0 saturated heterocycles. The molecule has 31 heavy (non-hydrogen) atoms. The topological polar surface area (TPSA) is 55.4 Å². The fourth-order valence-electron chi connectivity index (χ4n) is 2.50. The van der Waals surface area contributed by atoms with Gasteiger partial charge in [-0.05, 0) is 42.5 Å². The largest absolute Gasteiger partial charge is 0.463 e. The van der Waals surface area contributed by atoms with Crippen molar-refractivity contribution in [1.82, 2.24) is 0 Å². The summed E-state index contributed by atoms with van der Waals surface area (Å²) in [4.78, 5) is 0. The van der Waals surface area contributed by atoms with E-state index >= 15 is 0 Å². The van der Waals surface area contributed by atoms with Crippen LogP contribution in [0.4, 0.5) is 0 Å². The Balaban J connectivity index is 1.61. The van der Waals surface area contributed by atoms with Crippen molar-refractivity contribution in [3.8, 4) is 17.2 Å². The first-order valence-electron chi connectivity index (χ1n) is 9.76. The third-order valence-electron chi connectivity index (χ3n) is 4.01. The van der Waals surface area contributed by atoms with Gasteiger partial charge >= 0.3 is 7.94 Å². The highest BCUT2D eigenvalue weighted by molar-refractivity contribution is 7.61. The summed E-state index contributed by atoms with van der Waals surface area (Å²) in [5.74, 6) is 2.04. The molecule has 0 heterocycles. The molecule has 0 fully saturated rings. The Morgan fingerprint density at radius 3 is 1.16 bits per heavy atom. The minimum atomic E-state index is -2.90. The summed E-state index contributed by atoms with van der Waals surface area (Å²) in [6.45, 7) is 3.65. The second-order valence-electron chi connectivity index (χ2n) is 6.20. The summed E-state index contributed by atoms with van der Waals surface area (Å²) in [5, 5.41) is 0. The Kier molecular flexibility index (Phi) is 9.35. The monoisotopic (exact) mass is 441 g/mol. The van der Waals surface area contributed by atoms with Crippen LogP contribution in [0.3, 0.4) is 0 Å². The molecule has 3 aromatic carbocycles. The van der Waals surface area contributed by atoms with E-state index in [4.69, 9.17) is 27.8 Å². The van der Waals surface area contributed by atoms with Crippen molar-refractivity contribution in [2.75, 3.05) is 26.5 Å². The van der Waals surface area contributed by atoms with Crippen molar-refractivity contribution in [2.24, 2.45) is 0 Å². The molecule has 0 aliphatic rings. The molecule has 0 aliphatic carbocycles. The number of ether oxygens (including phenoxy) is 3. The fourth-order valence-corrected chi connectivity index (χ4v) is 4.00. The zero-order valence-corrected chi connectivity index (χ0v) is 18.1. The molecule has 0 aliphatic heterocycles. The summed E-state index contributed by atoms with van der Waals surface area (Å²) < 4.78 is 34.9. The second kappa shape index (κ2) is 12.7. The molecule has 0 radical (unpaired) electrons. The Morgan fingerprint density at radius 1 is 0.548 bits per heavy atom. The molecule has 0 bridgehead atoms. The zero-order chi connectivity index (χ0) is 21.6. The van der Waals surface area contributed by atoms with Crippen LogP contribution in [0.15, 0.2) is 104 Å². The Bertz CT molecular complexity index is 765. The number of para-hydroxylation sites is 3. The predicted octanol–water partition coefficient (Wildman–Crippen LogP) is 6.09. The van der Waals surface area contributed by atoms with E-state index in [2.05, 4.69) is 6.58 Å². The van der Waals surface area contributed by atoms with Gasteiger partial charge in [0.15, 0.2) is 6.16 Å². The summed E-state index contributed by atoms with van der Waals surface area (Å²) in [7, 11) is -2.90. The highest BCUT2D eigenvalue weighted by Crippen LogP contribution is 2.62. The molecular weight excluding hydrogens is 415 g/mol. The van der Waals surface area contributed by atoms with Gasteiger partial charge in [0.25, 0.3) is 0 Å². The van der Waals surface area contributed by atoms with Crippen LogP contribution in [-0.2, 0) is 13.6 Å². The Hall–Kier alpha value is -2.89. The summed E-state index contributed by atoms with van der Waals surface area (Å²) in [6, 6.07) is 28.1. The van der Waals surface area contributed by atoms with Gasteiger partial charge in [0, 0.05) is 0 Å². The summed E-state index contributed by atoms with van der Waals surface area (Å²) in [5.41, 5.74) is 0. The summed E-state index contributed by atoms with van der Waals surface area (Å²) >= 11 is 0. The normalized spacial score (nSPS) is 11.0. The van der Waals surface area contributed by atoms with Crippen molar-refractivity contribution >= 4 is 7.94 Å². The zero-order valence-electron chi connectivity index (χ0n) is 17.2. The van der Waals surface area contributed by atoms with E-state index in [1.165, 1.54) is 0 Å². The van der Waals surface area contributed by atoms with E-state index in [9.17, 15) is 0 Å². The van der Waals surface area contributed by atoms with E-state index in [1.54, 1.807) is 6.08 Å². The molecule has 0 unspecified atom stereocenters. The second-order valence-corrected chi connectivity index (χ2v) is 8.56. The van der Waals surface area contributed by atoms with Gasteiger partial charge in [0.1, 0.15) is 17.2 Å². The van der Waals surface area contributed by atoms with Crippen LogP contribution in [0.1, 0.15) is 0 Å². The van der Waals surface area contributed by atoms with Crippen LogP contribution in [0, 0.1) is 0 Å². The van der Waals surface area contributed by atoms with Gasteiger partial charge in [-0.3, -0.25) is 0 Å². The Morgan fingerprint density at radius 2 is 0.871 bits per heavy atom. The van der Waals surface area contributed by atoms with Gasteiger partial charge in [-0.1, -0.05) is 61.2 Å². The number of rotatable bonds is 14. The van der Waals surface area contributed by atoms with Crippen LogP contribution >= 0.6 is 7.94 Å². The first-order chi connectivity index (χ1) is 15.3. The highest BCUT2D eigenvalue weighted by Gasteiger charge is 2.46. The number of allylic oxidation sites excluding steroid dienone is 1. The van der Waals surface area contributed by atoms with Crippen LogP contribution in [-0.4, -0.2) is 26.5 Å². The van der Waals surface area contributed by atoms with Crippen molar-refractivity contribution in [3.63, 3.8) is 0 Å². The summed E-state index contributed by atoms with van der Waals surface area (Å²) in [6.07, 6.45) is 2.02. The molecule has 0 amide bonds. The maximum absolute atomic E-state index is 5.96. The molecule has 7 heteroatoms. The van der Waals surface area contributed by atoms with Gasteiger partial charge < -0.3 is 14.2 Å². The number of hydrogen-bond acceptors (Lipinski definition) is 6. The third kappa shape index (κ3) is 8.04. The van der Waals surface area contributed by atoms with E-state index < -0.39 is 7.94 Å². The average Bonchev–Trinajstić information content (AvgIpc) is 2.81. The smallest absolute Gasteiger partial charge is 0.425 e. The molecule has 3 aromatic rings. The van der Waals surface area contributed by atoms with Gasteiger partial charge in [0.2, 0.25) is 20.4 Å². The van der Waals surface area contributed by atoms with Crippen molar-refractivity contribution in [3.05, 3.63) is 104 Å². The first kappa shape index (κ1) is 22.8. The lowest BCUT2D eigenvalue weighted by Crippen LogP contribution is -2.18. The minimum absolute atomic E-state index is 0.0533. The molecular formula is C24H26O6P+.